The Hall–Kier alpha value is -3.14. The van der Waals surface area contributed by atoms with E-state index in [1.54, 1.807) is 0 Å². The molecule has 3 aromatic carbocycles. The normalized spacial score (nSPS) is 14.0. The lowest BCUT2D eigenvalue weighted by Crippen LogP contribution is -2.35. The molecule has 1 aliphatic rings. The highest BCUT2D eigenvalue weighted by atomic mass is 32.2. The van der Waals surface area contributed by atoms with Gasteiger partial charge >= 0.3 is 0 Å². The Balaban J connectivity index is 1.67. The summed E-state index contributed by atoms with van der Waals surface area (Å²) < 4.78 is 25.4. The summed E-state index contributed by atoms with van der Waals surface area (Å²) in [7, 11) is -3.20. The highest BCUT2D eigenvalue weighted by Crippen LogP contribution is 2.33. The minimum Gasteiger partial charge on any atom is -0.355 e. The summed E-state index contributed by atoms with van der Waals surface area (Å²) in [6.45, 7) is 5.01. The third-order valence-electron chi connectivity index (χ3n) is 5.86. The van der Waals surface area contributed by atoms with E-state index in [1.807, 2.05) is 43.3 Å². The average Bonchev–Trinajstić information content (AvgIpc) is 2.74. The first-order valence-corrected chi connectivity index (χ1v) is 12.1. The van der Waals surface area contributed by atoms with Crippen LogP contribution in [0.1, 0.15) is 27.8 Å². The SMILES string of the molecule is Cc1cc(C#N)ccc1-c1cc(Nc2cccc3c2CCN(S(C)(=O)=O)C3)ccc1C. The van der Waals surface area contributed by atoms with Crippen LogP contribution >= 0.6 is 0 Å². The molecule has 0 aliphatic carbocycles. The van der Waals surface area contributed by atoms with Gasteiger partial charge in [0.25, 0.3) is 0 Å². The van der Waals surface area contributed by atoms with E-state index in [9.17, 15) is 8.42 Å². The molecule has 0 unspecified atom stereocenters. The van der Waals surface area contributed by atoms with Gasteiger partial charge in [0.1, 0.15) is 0 Å². The van der Waals surface area contributed by atoms with Crippen molar-refractivity contribution in [3.63, 3.8) is 0 Å². The quantitative estimate of drug-likeness (QED) is 0.637. The summed E-state index contributed by atoms with van der Waals surface area (Å²) >= 11 is 0. The molecule has 6 heteroatoms. The Morgan fingerprint density at radius 3 is 2.52 bits per heavy atom. The molecule has 1 aliphatic heterocycles. The lowest BCUT2D eigenvalue weighted by Gasteiger charge is -2.28. The van der Waals surface area contributed by atoms with E-state index in [-0.39, 0.29) is 0 Å². The summed E-state index contributed by atoms with van der Waals surface area (Å²) in [5.74, 6) is 0. The monoisotopic (exact) mass is 431 g/mol. The molecule has 0 amide bonds. The van der Waals surface area contributed by atoms with Gasteiger partial charge in [0, 0.05) is 24.5 Å². The van der Waals surface area contributed by atoms with Crippen LogP contribution in [0.2, 0.25) is 0 Å². The van der Waals surface area contributed by atoms with Crippen LogP contribution in [0.5, 0.6) is 0 Å². The maximum Gasteiger partial charge on any atom is 0.211 e. The summed E-state index contributed by atoms with van der Waals surface area (Å²) in [6.07, 6.45) is 1.94. The first kappa shape index (κ1) is 21.1. The van der Waals surface area contributed by atoms with E-state index in [1.165, 1.54) is 16.1 Å². The molecule has 0 saturated carbocycles. The van der Waals surface area contributed by atoms with Gasteiger partial charge < -0.3 is 5.32 Å². The van der Waals surface area contributed by atoms with Crippen LogP contribution in [0.25, 0.3) is 11.1 Å². The number of anilines is 2. The fourth-order valence-electron chi connectivity index (χ4n) is 4.16. The molecule has 0 aromatic heterocycles. The molecule has 158 valence electrons. The fourth-order valence-corrected chi connectivity index (χ4v) is 4.96. The summed E-state index contributed by atoms with van der Waals surface area (Å²) in [6, 6.07) is 20.3. The lowest BCUT2D eigenvalue weighted by molar-refractivity contribution is 0.395. The van der Waals surface area contributed by atoms with Crippen LogP contribution < -0.4 is 5.32 Å². The second-order valence-electron chi connectivity index (χ2n) is 8.09. The van der Waals surface area contributed by atoms with Crippen LogP contribution in [0.3, 0.4) is 0 Å². The van der Waals surface area contributed by atoms with Gasteiger partial charge in [-0.1, -0.05) is 24.3 Å². The molecule has 1 N–H and O–H groups in total. The van der Waals surface area contributed by atoms with Gasteiger partial charge in [-0.25, -0.2) is 8.42 Å². The van der Waals surface area contributed by atoms with E-state index in [4.69, 9.17) is 5.26 Å². The largest absolute Gasteiger partial charge is 0.355 e. The Bertz CT molecular complexity index is 1310. The van der Waals surface area contributed by atoms with Crippen LogP contribution in [0.15, 0.2) is 54.6 Å². The Kier molecular flexibility index (Phi) is 5.57. The molecular formula is C25H25N3O2S. The molecule has 0 atom stereocenters. The van der Waals surface area contributed by atoms with Gasteiger partial charge in [-0.05, 0) is 84.0 Å². The van der Waals surface area contributed by atoms with Gasteiger partial charge in [0.2, 0.25) is 10.0 Å². The fraction of sp³-hybridized carbons (Fsp3) is 0.240. The molecule has 0 fully saturated rings. The zero-order valence-electron chi connectivity index (χ0n) is 17.9. The number of nitrogens with one attached hydrogen (secondary N) is 1. The molecule has 0 bridgehead atoms. The molecule has 0 saturated heterocycles. The van der Waals surface area contributed by atoms with Crippen molar-refractivity contribution in [2.24, 2.45) is 0 Å². The Morgan fingerprint density at radius 2 is 1.81 bits per heavy atom. The third kappa shape index (κ3) is 4.34. The number of sulfonamides is 1. The van der Waals surface area contributed by atoms with Crippen molar-refractivity contribution in [2.75, 3.05) is 18.1 Å². The van der Waals surface area contributed by atoms with Crippen LogP contribution in [0, 0.1) is 25.2 Å². The van der Waals surface area contributed by atoms with Crippen molar-refractivity contribution in [2.45, 2.75) is 26.8 Å². The molecule has 3 aromatic rings. The predicted molar refractivity (Wildman–Crippen MR) is 125 cm³/mol. The number of benzene rings is 3. The smallest absolute Gasteiger partial charge is 0.211 e. The van der Waals surface area contributed by atoms with Crippen molar-refractivity contribution >= 4 is 21.4 Å². The van der Waals surface area contributed by atoms with Crippen LogP contribution in [-0.2, 0) is 23.0 Å². The van der Waals surface area contributed by atoms with Gasteiger partial charge in [-0.15, -0.1) is 0 Å². The highest BCUT2D eigenvalue weighted by Gasteiger charge is 2.24. The number of hydrogen-bond donors (Lipinski definition) is 1. The van der Waals surface area contributed by atoms with E-state index >= 15 is 0 Å². The average molecular weight is 432 g/mol. The molecule has 4 rings (SSSR count). The Morgan fingerprint density at radius 1 is 1.00 bits per heavy atom. The number of nitriles is 1. The van der Waals surface area contributed by atoms with Gasteiger partial charge in [0.05, 0.1) is 17.9 Å². The molecule has 0 radical (unpaired) electrons. The summed E-state index contributed by atoms with van der Waals surface area (Å²) in [4.78, 5) is 0. The number of rotatable bonds is 4. The second kappa shape index (κ2) is 8.18. The van der Waals surface area contributed by atoms with Crippen molar-refractivity contribution < 1.29 is 8.42 Å². The van der Waals surface area contributed by atoms with Crippen molar-refractivity contribution in [3.05, 3.63) is 82.4 Å². The number of nitrogens with zero attached hydrogens (tertiary/aromatic N) is 2. The van der Waals surface area contributed by atoms with E-state index in [2.05, 4.69) is 36.5 Å². The number of hydrogen-bond acceptors (Lipinski definition) is 4. The second-order valence-corrected chi connectivity index (χ2v) is 10.1. The minimum atomic E-state index is -3.20. The van der Waals surface area contributed by atoms with Crippen LogP contribution in [-0.4, -0.2) is 25.5 Å². The zero-order valence-corrected chi connectivity index (χ0v) is 18.8. The summed E-state index contributed by atoms with van der Waals surface area (Å²) in [5, 5.41) is 12.7. The maximum absolute atomic E-state index is 11.9. The number of fused-ring (bicyclic) bond motifs is 1. The molecule has 5 nitrogen and oxygen atoms in total. The minimum absolute atomic E-state index is 0.410. The predicted octanol–water partition coefficient (Wildman–Crippen LogP) is 4.90. The van der Waals surface area contributed by atoms with Crippen molar-refractivity contribution in [1.29, 1.82) is 5.26 Å². The molecule has 1 heterocycles. The third-order valence-corrected chi connectivity index (χ3v) is 7.11. The van der Waals surface area contributed by atoms with E-state index < -0.39 is 10.0 Å². The zero-order chi connectivity index (χ0) is 22.2. The first-order chi connectivity index (χ1) is 14.8. The summed E-state index contributed by atoms with van der Waals surface area (Å²) in [5.41, 5.74) is 9.32. The van der Waals surface area contributed by atoms with Crippen molar-refractivity contribution in [3.8, 4) is 17.2 Å². The topological polar surface area (TPSA) is 73.2 Å². The Labute approximate surface area is 184 Å². The van der Waals surface area contributed by atoms with Crippen molar-refractivity contribution in [1.82, 2.24) is 4.31 Å². The molecule has 0 spiro atoms. The van der Waals surface area contributed by atoms with E-state index in [0.717, 1.165) is 39.2 Å². The maximum atomic E-state index is 11.9. The lowest BCUT2D eigenvalue weighted by atomic mass is 9.94. The standard InChI is InChI=1S/C25H25N3O2S/c1-17-7-9-21(14-24(17)22-10-8-19(15-26)13-18(22)2)27-25-6-4-5-20-16-28(31(3,29)30)12-11-23(20)25/h4-10,13-14,27H,11-12,16H2,1-3H3. The van der Waals surface area contributed by atoms with E-state index in [0.29, 0.717) is 25.1 Å². The van der Waals surface area contributed by atoms with Gasteiger partial charge in [0.15, 0.2) is 0 Å². The molecule has 31 heavy (non-hydrogen) atoms. The molecular weight excluding hydrogens is 406 g/mol. The van der Waals surface area contributed by atoms with Gasteiger partial charge in [-0.3, -0.25) is 0 Å². The highest BCUT2D eigenvalue weighted by molar-refractivity contribution is 7.88. The first-order valence-electron chi connectivity index (χ1n) is 10.2. The van der Waals surface area contributed by atoms with Crippen LogP contribution in [0.4, 0.5) is 11.4 Å². The van der Waals surface area contributed by atoms with Gasteiger partial charge in [-0.2, -0.15) is 9.57 Å². The number of aryl methyl sites for hydroxylation is 2.